The molecule has 0 aliphatic heterocycles. The first-order valence-corrected chi connectivity index (χ1v) is 9.06. The number of fused-ring (bicyclic) bond motifs is 1. The molecule has 0 amide bonds. The van der Waals surface area contributed by atoms with E-state index in [4.69, 9.17) is 14.0 Å². The second-order valence-corrected chi connectivity index (χ2v) is 7.83. The van der Waals surface area contributed by atoms with Crippen LogP contribution in [0, 0.1) is 0 Å². The molecule has 2 aromatic rings. The van der Waals surface area contributed by atoms with E-state index in [1.165, 1.54) is 4.57 Å². The van der Waals surface area contributed by atoms with E-state index in [9.17, 15) is 4.79 Å². The highest BCUT2D eigenvalue weighted by Crippen LogP contribution is 2.20. The van der Waals surface area contributed by atoms with Gasteiger partial charge in [0.1, 0.15) is 11.2 Å². The molecule has 7 heteroatoms. The third-order valence-corrected chi connectivity index (χ3v) is 4.03. The SMILES string of the molecule is CCOB(OC(C)(C)CC)c1cn(C(=O)OC(C)(C)C)c2ncccc12. The zero-order chi connectivity index (χ0) is 19.5. The Morgan fingerprint density at radius 1 is 1.23 bits per heavy atom. The summed E-state index contributed by atoms with van der Waals surface area (Å²) in [6.07, 6.45) is 3.72. The lowest BCUT2D eigenvalue weighted by Crippen LogP contribution is -2.43. The average Bonchev–Trinajstić information content (AvgIpc) is 2.92. The maximum Gasteiger partial charge on any atom is 0.496 e. The number of carbonyl (C=O) groups is 1. The summed E-state index contributed by atoms with van der Waals surface area (Å²) in [5, 5.41) is 0.809. The summed E-state index contributed by atoms with van der Waals surface area (Å²) >= 11 is 0. The van der Waals surface area contributed by atoms with E-state index in [2.05, 4.69) is 11.9 Å². The first kappa shape index (κ1) is 20.5. The number of pyridine rings is 1. The molecule has 0 aliphatic carbocycles. The van der Waals surface area contributed by atoms with Gasteiger partial charge in [0.05, 0.1) is 0 Å². The van der Waals surface area contributed by atoms with Crippen molar-refractivity contribution in [3.63, 3.8) is 0 Å². The second kappa shape index (κ2) is 7.80. The van der Waals surface area contributed by atoms with Crippen molar-refractivity contribution in [2.24, 2.45) is 0 Å². The number of ether oxygens (including phenoxy) is 1. The van der Waals surface area contributed by atoms with Crippen molar-refractivity contribution in [3.05, 3.63) is 24.5 Å². The highest BCUT2D eigenvalue weighted by molar-refractivity contribution is 6.64. The average molecular weight is 360 g/mol. The Morgan fingerprint density at radius 3 is 2.50 bits per heavy atom. The van der Waals surface area contributed by atoms with Crippen molar-refractivity contribution >= 4 is 29.7 Å². The van der Waals surface area contributed by atoms with Gasteiger partial charge in [-0.3, -0.25) is 0 Å². The third-order valence-electron chi connectivity index (χ3n) is 4.03. The Hall–Kier alpha value is -1.86. The molecule has 142 valence electrons. The van der Waals surface area contributed by atoms with E-state index in [1.807, 2.05) is 53.7 Å². The van der Waals surface area contributed by atoms with Gasteiger partial charge in [-0.15, -0.1) is 0 Å². The van der Waals surface area contributed by atoms with E-state index < -0.39 is 18.8 Å². The third kappa shape index (κ3) is 4.86. The number of aromatic nitrogens is 2. The maximum atomic E-state index is 12.6. The Kier molecular flexibility index (Phi) is 6.14. The molecule has 0 unspecified atom stereocenters. The van der Waals surface area contributed by atoms with Crippen molar-refractivity contribution in [3.8, 4) is 0 Å². The lowest BCUT2D eigenvalue weighted by molar-refractivity contribution is 0.0544. The Labute approximate surface area is 156 Å². The van der Waals surface area contributed by atoms with Gasteiger partial charge in [0, 0.05) is 35.5 Å². The molecule has 2 rings (SSSR count). The van der Waals surface area contributed by atoms with Gasteiger partial charge in [0.15, 0.2) is 0 Å². The molecule has 0 aliphatic rings. The van der Waals surface area contributed by atoms with Crippen LogP contribution < -0.4 is 5.46 Å². The van der Waals surface area contributed by atoms with Gasteiger partial charge < -0.3 is 14.0 Å². The van der Waals surface area contributed by atoms with Gasteiger partial charge in [-0.1, -0.05) is 13.0 Å². The smallest absolute Gasteiger partial charge is 0.443 e. The summed E-state index contributed by atoms with van der Waals surface area (Å²) in [5.41, 5.74) is 0.340. The molecular formula is C19H29BN2O4. The van der Waals surface area contributed by atoms with Gasteiger partial charge in [-0.2, -0.15) is 0 Å². The van der Waals surface area contributed by atoms with Crippen molar-refractivity contribution in [1.82, 2.24) is 9.55 Å². The molecule has 0 fully saturated rings. The molecule has 0 radical (unpaired) electrons. The Balaban J connectivity index is 2.51. The monoisotopic (exact) mass is 360 g/mol. The fourth-order valence-electron chi connectivity index (χ4n) is 2.43. The highest BCUT2D eigenvalue weighted by atomic mass is 16.6. The standard InChI is InChI=1S/C19H29BN2O4/c1-8-19(6,7)26-20(24-9-2)15-13-22(17(23)25-18(3,4)5)16-14(15)11-10-12-21-16/h10-13H,8-9H2,1-7H3. The van der Waals surface area contributed by atoms with Crippen LogP contribution in [-0.2, 0) is 14.0 Å². The van der Waals surface area contributed by atoms with Crippen LogP contribution in [0.5, 0.6) is 0 Å². The minimum atomic E-state index is -0.595. The van der Waals surface area contributed by atoms with Crippen LogP contribution in [0.15, 0.2) is 24.5 Å². The zero-order valence-corrected chi connectivity index (χ0v) is 16.8. The number of carbonyl (C=O) groups excluding carboxylic acids is 1. The number of hydrogen-bond donors (Lipinski definition) is 0. The predicted molar refractivity (Wildman–Crippen MR) is 104 cm³/mol. The minimum Gasteiger partial charge on any atom is -0.443 e. The highest BCUT2D eigenvalue weighted by Gasteiger charge is 2.33. The molecule has 0 bridgehead atoms. The lowest BCUT2D eigenvalue weighted by Gasteiger charge is -2.27. The van der Waals surface area contributed by atoms with Crippen LogP contribution in [0.25, 0.3) is 11.0 Å². The first-order chi connectivity index (χ1) is 12.1. The molecule has 2 heterocycles. The Morgan fingerprint density at radius 2 is 1.92 bits per heavy atom. The summed E-state index contributed by atoms with van der Waals surface area (Å²) in [7, 11) is -0.592. The quantitative estimate of drug-likeness (QED) is 0.734. The summed E-state index contributed by atoms with van der Waals surface area (Å²) in [6, 6.07) is 3.74. The number of rotatable bonds is 6. The second-order valence-electron chi connectivity index (χ2n) is 7.83. The van der Waals surface area contributed by atoms with Crippen LogP contribution in [-0.4, -0.2) is 40.6 Å². The van der Waals surface area contributed by atoms with Crippen molar-refractivity contribution in [2.45, 2.75) is 66.1 Å². The van der Waals surface area contributed by atoms with E-state index in [0.717, 1.165) is 17.3 Å². The van der Waals surface area contributed by atoms with Crippen LogP contribution >= 0.6 is 0 Å². The molecule has 26 heavy (non-hydrogen) atoms. The molecule has 0 saturated carbocycles. The largest absolute Gasteiger partial charge is 0.496 e. The maximum absolute atomic E-state index is 12.6. The molecule has 0 N–H and O–H groups in total. The van der Waals surface area contributed by atoms with Gasteiger partial charge >= 0.3 is 13.2 Å². The fraction of sp³-hybridized carbons (Fsp3) is 0.579. The number of hydrogen-bond acceptors (Lipinski definition) is 5. The van der Waals surface area contributed by atoms with E-state index in [0.29, 0.717) is 12.3 Å². The normalized spacial score (nSPS) is 12.4. The Bertz CT molecular complexity index is 764. The van der Waals surface area contributed by atoms with E-state index in [-0.39, 0.29) is 5.60 Å². The van der Waals surface area contributed by atoms with Gasteiger partial charge in [0.25, 0.3) is 0 Å². The fourth-order valence-corrected chi connectivity index (χ4v) is 2.43. The zero-order valence-electron chi connectivity index (χ0n) is 16.8. The van der Waals surface area contributed by atoms with Crippen LogP contribution in [0.4, 0.5) is 4.79 Å². The van der Waals surface area contributed by atoms with Crippen LogP contribution in [0.3, 0.4) is 0 Å². The summed E-state index contributed by atoms with van der Waals surface area (Å²) < 4.78 is 19.0. The molecule has 0 spiro atoms. The van der Waals surface area contributed by atoms with Crippen molar-refractivity contribution < 1.29 is 18.8 Å². The van der Waals surface area contributed by atoms with Gasteiger partial charge in [0.2, 0.25) is 0 Å². The minimum absolute atomic E-state index is 0.359. The summed E-state index contributed by atoms with van der Waals surface area (Å²) in [5.74, 6) is 0. The van der Waals surface area contributed by atoms with E-state index in [1.54, 1.807) is 12.4 Å². The molecule has 0 aromatic carbocycles. The van der Waals surface area contributed by atoms with Crippen LogP contribution in [0.2, 0.25) is 0 Å². The topological polar surface area (TPSA) is 62.6 Å². The molecule has 2 aromatic heterocycles. The van der Waals surface area contributed by atoms with Crippen LogP contribution in [0.1, 0.15) is 54.9 Å². The van der Waals surface area contributed by atoms with Crippen molar-refractivity contribution in [2.75, 3.05) is 6.61 Å². The first-order valence-electron chi connectivity index (χ1n) is 9.06. The molecule has 6 nitrogen and oxygen atoms in total. The molecular weight excluding hydrogens is 331 g/mol. The van der Waals surface area contributed by atoms with Crippen molar-refractivity contribution in [1.29, 1.82) is 0 Å². The summed E-state index contributed by atoms with van der Waals surface area (Å²) in [6.45, 7) is 14.0. The lowest BCUT2D eigenvalue weighted by atomic mass is 9.77. The summed E-state index contributed by atoms with van der Waals surface area (Å²) in [4.78, 5) is 17.0. The van der Waals surface area contributed by atoms with Gasteiger partial charge in [-0.05, 0) is 54.0 Å². The van der Waals surface area contributed by atoms with E-state index >= 15 is 0 Å². The number of nitrogens with zero attached hydrogens (tertiary/aromatic N) is 2. The van der Waals surface area contributed by atoms with Gasteiger partial charge in [-0.25, -0.2) is 14.3 Å². The molecule has 0 saturated heterocycles. The molecule has 0 atom stereocenters. The predicted octanol–water partition coefficient (Wildman–Crippen LogP) is 3.76.